The molecule has 0 bridgehead atoms. The summed E-state index contributed by atoms with van der Waals surface area (Å²) in [5.41, 5.74) is 7.84. The van der Waals surface area contributed by atoms with Gasteiger partial charge in [0.2, 0.25) is 11.8 Å². The zero-order chi connectivity index (χ0) is 26.8. The molecule has 0 saturated heterocycles. The lowest BCUT2D eigenvalue weighted by atomic mass is 10.1. The molecule has 11 nitrogen and oxygen atoms in total. The molecule has 0 spiro atoms. The summed E-state index contributed by atoms with van der Waals surface area (Å²) < 4.78 is 0. The van der Waals surface area contributed by atoms with Gasteiger partial charge in [-0.3, -0.25) is 14.4 Å². The van der Waals surface area contributed by atoms with Crippen molar-refractivity contribution >= 4 is 35.0 Å². The Kier molecular flexibility index (Phi) is 10.4. The Morgan fingerprint density at radius 1 is 1.08 bits per heavy atom. The number of hydrogen-bond donors (Lipinski definition) is 3. The minimum absolute atomic E-state index is 0.0249. The average Bonchev–Trinajstić information content (AvgIpc) is 2.79. The molecule has 0 aliphatic heterocycles. The van der Waals surface area contributed by atoms with Crippen molar-refractivity contribution in [3.05, 3.63) is 53.4 Å². The molecule has 0 fully saturated rings. The minimum Gasteiger partial charge on any atom is -0.364 e. The van der Waals surface area contributed by atoms with Gasteiger partial charge in [0.05, 0.1) is 12.2 Å². The van der Waals surface area contributed by atoms with Crippen molar-refractivity contribution in [3.8, 4) is 0 Å². The second-order valence-corrected chi connectivity index (χ2v) is 8.87. The molecule has 2 aromatic rings. The largest absolute Gasteiger partial charge is 0.364 e. The highest BCUT2D eigenvalue weighted by atomic mass is 16.2. The molecule has 1 aromatic carbocycles. The van der Waals surface area contributed by atoms with E-state index in [1.165, 1.54) is 11.0 Å². The number of aryl methyl sites for hydroxylation is 1. The van der Waals surface area contributed by atoms with Gasteiger partial charge < -0.3 is 31.1 Å². The van der Waals surface area contributed by atoms with Gasteiger partial charge in [-0.25, -0.2) is 9.97 Å². The number of carbonyl (C=O) groups excluding carboxylic acids is 3. The van der Waals surface area contributed by atoms with Crippen molar-refractivity contribution in [2.45, 2.75) is 13.3 Å². The first-order valence-electron chi connectivity index (χ1n) is 11.5. The number of anilines is 3. The van der Waals surface area contributed by atoms with E-state index >= 15 is 0 Å². The number of rotatable bonds is 12. The van der Waals surface area contributed by atoms with Gasteiger partial charge in [0.15, 0.2) is 17.3 Å². The summed E-state index contributed by atoms with van der Waals surface area (Å²) in [7, 11) is 9.10. The van der Waals surface area contributed by atoms with Gasteiger partial charge in [-0.2, -0.15) is 0 Å². The zero-order valence-corrected chi connectivity index (χ0v) is 21.8. The summed E-state index contributed by atoms with van der Waals surface area (Å²) in [6, 6.07) is 7.54. The van der Waals surface area contributed by atoms with Crippen LogP contribution < -0.4 is 21.3 Å². The molecule has 36 heavy (non-hydrogen) atoms. The first-order chi connectivity index (χ1) is 17.0. The Hall–Kier alpha value is -3.99. The van der Waals surface area contributed by atoms with Crippen LogP contribution in [0, 0.1) is 6.92 Å². The Bertz CT molecular complexity index is 1110. The van der Waals surface area contributed by atoms with Gasteiger partial charge >= 0.3 is 0 Å². The number of benzene rings is 1. The van der Waals surface area contributed by atoms with Crippen LogP contribution >= 0.6 is 0 Å². The first-order valence-corrected chi connectivity index (χ1v) is 11.5. The fourth-order valence-electron chi connectivity index (χ4n) is 3.32. The molecule has 11 heteroatoms. The third kappa shape index (κ3) is 8.66. The molecule has 2 rings (SSSR count). The number of hydrogen-bond acceptors (Lipinski definition) is 8. The molecule has 0 aliphatic carbocycles. The molecule has 1 heterocycles. The summed E-state index contributed by atoms with van der Waals surface area (Å²) in [5, 5.41) is 5.97. The normalized spacial score (nSPS) is 11.0. The Morgan fingerprint density at radius 2 is 1.81 bits per heavy atom. The number of primary amides is 1. The standard InChI is InChI=1S/C25H36N8O3/c1-17-25(32(4)5)30-24(22(28-17)23(26)36)29-19-10-7-9-18(15-19)12-13-27-20(34)16-33(6)21(35)11-8-14-31(2)3/h7-11,15H,12-14,16H2,1-6H3,(H2,26,36)(H,27,34)(H,29,30)/b11-8+. The molecule has 4 N–H and O–H groups in total. The van der Waals surface area contributed by atoms with Crippen LogP contribution in [-0.2, 0) is 16.0 Å². The minimum atomic E-state index is -0.672. The van der Waals surface area contributed by atoms with Gasteiger partial charge in [-0.1, -0.05) is 18.2 Å². The lowest BCUT2D eigenvalue weighted by Gasteiger charge is -2.17. The molecule has 0 unspecified atom stereocenters. The van der Waals surface area contributed by atoms with Gasteiger partial charge in [0.25, 0.3) is 5.91 Å². The highest BCUT2D eigenvalue weighted by Gasteiger charge is 2.17. The molecule has 0 radical (unpaired) electrons. The van der Waals surface area contributed by atoms with E-state index < -0.39 is 5.91 Å². The number of aromatic nitrogens is 2. The van der Waals surface area contributed by atoms with E-state index in [0.717, 1.165) is 5.56 Å². The SMILES string of the molecule is Cc1nc(C(N)=O)c(Nc2cccc(CCNC(=O)CN(C)C(=O)/C=C/CN(C)C)c2)nc1N(C)C. The predicted octanol–water partition coefficient (Wildman–Crippen LogP) is 0.928. The smallest absolute Gasteiger partial charge is 0.271 e. The number of amides is 3. The quantitative estimate of drug-likeness (QED) is 0.369. The second kappa shape index (κ2) is 13.2. The van der Waals surface area contributed by atoms with Gasteiger partial charge in [0.1, 0.15) is 0 Å². The summed E-state index contributed by atoms with van der Waals surface area (Å²) in [5.74, 6) is -0.238. The lowest BCUT2D eigenvalue weighted by molar-refractivity contribution is -0.131. The third-order valence-electron chi connectivity index (χ3n) is 5.12. The molecule has 0 saturated carbocycles. The van der Waals surface area contributed by atoms with Gasteiger partial charge in [-0.15, -0.1) is 0 Å². The van der Waals surface area contributed by atoms with E-state index in [2.05, 4.69) is 20.6 Å². The van der Waals surface area contributed by atoms with E-state index in [1.807, 2.05) is 62.3 Å². The zero-order valence-electron chi connectivity index (χ0n) is 21.8. The van der Waals surface area contributed by atoms with Gasteiger partial charge in [0, 0.05) is 46.0 Å². The molecular formula is C25H36N8O3. The van der Waals surface area contributed by atoms with Crippen LogP contribution in [-0.4, -0.2) is 92.4 Å². The van der Waals surface area contributed by atoms with Crippen LogP contribution in [0.15, 0.2) is 36.4 Å². The summed E-state index contributed by atoms with van der Waals surface area (Å²) >= 11 is 0. The second-order valence-electron chi connectivity index (χ2n) is 8.87. The molecule has 1 aromatic heterocycles. The maximum Gasteiger partial charge on any atom is 0.271 e. The summed E-state index contributed by atoms with van der Waals surface area (Å²) in [6.45, 7) is 2.80. The summed E-state index contributed by atoms with van der Waals surface area (Å²) in [4.78, 5) is 50.2. The highest BCUT2D eigenvalue weighted by Crippen LogP contribution is 2.23. The molecular weight excluding hydrogens is 460 g/mol. The van der Waals surface area contributed by atoms with Crippen molar-refractivity contribution in [2.24, 2.45) is 5.73 Å². The van der Waals surface area contributed by atoms with Crippen LogP contribution in [0.1, 0.15) is 21.7 Å². The van der Waals surface area contributed by atoms with E-state index in [-0.39, 0.29) is 29.9 Å². The van der Waals surface area contributed by atoms with Crippen LogP contribution in [0.3, 0.4) is 0 Å². The summed E-state index contributed by atoms with van der Waals surface area (Å²) in [6.07, 6.45) is 3.80. The maximum atomic E-state index is 12.2. The van der Waals surface area contributed by atoms with Crippen molar-refractivity contribution in [1.82, 2.24) is 25.1 Å². The van der Waals surface area contributed by atoms with Crippen molar-refractivity contribution in [2.75, 3.05) is 65.1 Å². The third-order valence-corrected chi connectivity index (χ3v) is 5.12. The lowest BCUT2D eigenvalue weighted by Crippen LogP contribution is -2.38. The highest BCUT2D eigenvalue weighted by molar-refractivity contribution is 5.96. The monoisotopic (exact) mass is 496 g/mol. The Balaban J connectivity index is 1.97. The van der Waals surface area contributed by atoms with E-state index in [0.29, 0.717) is 36.7 Å². The Labute approximate surface area is 212 Å². The fraction of sp³-hybridized carbons (Fsp3) is 0.400. The van der Waals surface area contributed by atoms with Crippen LogP contribution in [0.2, 0.25) is 0 Å². The van der Waals surface area contributed by atoms with Crippen LogP contribution in [0.25, 0.3) is 0 Å². The van der Waals surface area contributed by atoms with E-state index in [9.17, 15) is 14.4 Å². The van der Waals surface area contributed by atoms with Crippen LogP contribution in [0.5, 0.6) is 0 Å². The maximum absolute atomic E-state index is 12.2. The average molecular weight is 497 g/mol. The fourth-order valence-corrected chi connectivity index (χ4v) is 3.32. The van der Waals surface area contributed by atoms with E-state index in [1.54, 1.807) is 20.0 Å². The van der Waals surface area contributed by atoms with Crippen molar-refractivity contribution < 1.29 is 14.4 Å². The molecule has 0 atom stereocenters. The van der Waals surface area contributed by atoms with Crippen molar-refractivity contribution in [3.63, 3.8) is 0 Å². The number of nitrogens with one attached hydrogen (secondary N) is 2. The van der Waals surface area contributed by atoms with Crippen LogP contribution in [0.4, 0.5) is 17.3 Å². The van der Waals surface area contributed by atoms with E-state index in [4.69, 9.17) is 5.73 Å². The Morgan fingerprint density at radius 3 is 2.44 bits per heavy atom. The van der Waals surface area contributed by atoms with Crippen molar-refractivity contribution in [1.29, 1.82) is 0 Å². The topological polar surface area (TPSA) is 137 Å². The number of nitrogens with two attached hydrogens (primary N) is 1. The number of nitrogens with zero attached hydrogens (tertiary/aromatic N) is 5. The predicted molar refractivity (Wildman–Crippen MR) is 141 cm³/mol. The molecule has 194 valence electrons. The number of carbonyl (C=O) groups is 3. The first kappa shape index (κ1) is 28.2. The molecule has 3 amide bonds. The number of likely N-dealkylation sites (N-methyl/N-ethyl adjacent to an activating group) is 2. The molecule has 0 aliphatic rings. The van der Waals surface area contributed by atoms with Gasteiger partial charge in [-0.05, 0) is 45.1 Å².